The number of hydrogen-bond donors (Lipinski definition) is 0. The van der Waals surface area contributed by atoms with Crippen molar-refractivity contribution in [3.63, 3.8) is 0 Å². The molecule has 0 atom stereocenters. The lowest BCUT2D eigenvalue weighted by Gasteiger charge is -2.43. The Labute approximate surface area is 242 Å². The van der Waals surface area contributed by atoms with Gasteiger partial charge in [0.05, 0.1) is 13.2 Å². The van der Waals surface area contributed by atoms with Crippen molar-refractivity contribution in [2.75, 3.05) is 19.8 Å². The third-order valence-electron chi connectivity index (χ3n) is 8.16. The van der Waals surface area contributed by atoms with E-state index in [1.165, 1.54) is 24.3 Å². The monoisotopic (exact) mass is 646 g/mol. The minimum Gasteiger partial charge on any atom is -0.343 e. The molecule has 3 fully saturated rings. The van der Waals surface area contributed by atoms with Gasteiger partial charge in [-0.05, 0) is 25.7 Å². The van der Waals surface area contributed by atoms with E-state index in [4.69, 9.17) is 9.47 Å². The average molecular weight is 647 g/mol. The molecule has 42 heavy (non-hydrogen) atoms. The number of benzene rings is 1. The molecule has 238 valence electrons. The van der Waals surface area contributed by atoms with Crippen molar-refractivity contribution in [3.05, 3.63) is 35.9 Å². The smallest absolute Gasteiger partial charge is 0.343 e. The van der Waals surface area contributed by atoms with Crippen molar-refractivity contribution in [1.82, 2.24) is 8.61 Å². The maximum absolute atomic E-state index is 15.9. The normalized spacial score (nSPS) is 21.5. The predicted octanol–water partition coefficient (Wildman–Crippen LogP) is 4.84. The van der Waals surface area contributed by atoms with E-state index in [0.717, 1.165) is 17.7 Å². The number of halogens is 5. The molecule has 1 amide bonds. The van der Waals surface area contributed by atoms with Crippen molar-refractivity contribution in [3.8, 4) is 0 Å². The lowest BCUT2D eigenvalue weighted by Crippen LogP contribution is -2.60. The van der Waals surface area contributed by atoms with Crippen LogP contribution in [0, 0.1) is 0 Å². The third-order valence-corrected chi connectivity index (χ3v) is 12.2. The highest BCUT2D eigenvalue weighted by Crippen LogP contribution is 2.41. The molecule has 0 N–H and O–H groups in total. The molecule has 0 spiro atoms. The fourth-order valence-corrected chi connectivity index (χ4v) is 9.11. The van der Waals surface area contributed by atoms with Crippen molar-refractivity contribution in [1.29, 1.82) is 0 Å². The molecule has 9 nitrogen and oxygen atoms in total. The number of nitrogens with zero attached hydrogens (tertiary/aromatic N) is 2. The summed E-state index contributed by atoms with van der Waals surface area (Å²) >= 11 is 0. The molecule has 1 heterocycles. The Balaban J connectivity index is 1.72. The summed E-state index contributed by atoms with van der Waals surface area (Å²) in [6, 6.07) is 6.10. The van der Waals surface area contributed by atoms with Crippen molar-refractivity contribution in [2.45, 2.75) is 99.3 Å². The Bertz CT molecular complexity index is 1270. The molecular formula is C26H35F5N2O7S2. The molecule has 1 aromatic rings. The van der Waals surface area contributed by atoms with Crippen LogP contribution in [0.5, 0.6) is 0 Å². The van der Waals surface area contributed by atoms with Gasteiger partial charge < -0.3 is 14.4 Å². The van der Waals surface area contributed by atoms with Gasteiger partial charge in [0, 0.05) is 30.6 Å². The Morgan fingerprint density at radius 2 is 1.26 bits per heavy atom. The van der Waals surface area contributed by atoms with Gasteiger partial charge in [-0.1, -0.05) is 72.6 Å². The van der Waals surface area contributed by atoms with E-state index in [2.05, 4.69) is 0 Å². The first-order chi connectivity index (χ1) is 19.7. The van der Waals surface area contributed by atoms with Crippen LogP contribution in [0.1, 0.15) is 76.2 Å². The second-order valence-corrected chi connectivity index (χ2v) is 14.8. The molecule has 0 unspecified atom stereocenters. The molecule has 1 saturated heterocycles. The lowest BCUT2D eigenvalue weighted by molar-refractivity contribution is -0.171. The summed E-state index contributed by atoms with van der Waals surface area (Å²) in [4.78, 5) is 14.3. The zero-order valence-corrected chi connectivity index (χ0v) is 24.5. The molecule has 0 radical (unpaired) electrons. The highest BCUT2D eigenvalue weighted by molar-refractivity contribution is 8.05. The zero-order chi connectivity index (χ0) is 30.8. The topological polar surface area (TPSA) is 110 Å². The van der Waals surface area contributed by atoms with Crippen LogP contribution < -0.4 is 0 Å². The van der Waals surface area contributed by atoms with E-state index in [1.807, 2.05) is 0 Å². The van der Waals surface area contributed by atoms with Crippen LogP contribution in [-0.2, 0) is 40.1 Å². The summed E-state index contributed by atoms with van der Waals surface area (Å²) in [7, 11) is -13.7. The zero-order valence-electron chi connectivity index (χ0n) is 22.9. The largest absolute Gasteiger partial charge is 0.512 e. The highest BCUT2D eigenvalue weighted by Gasteiger charge is 2.65. The SMILES string of the molecule is O=C(N(C1CCCCC1)C1CCCCC1)C(F)(F)S(=O)(=O)N(CCC1(c2ccccc2)OCCO1)S(=O)(=O)C(F)(F)F. The second-order valence-electron chi connectivity index (χ2n) is 10.8. The first kappa shape index (κ1) is 33.0. The maximum atomic E-state index is 15.9. The van der Waals surface area contributed by atoms with Gasteiger partial charge in [0.15, 0.2) is 5.79 Å². The van der Waals surface area contributed by atoms with E-state index in [-0.39, 0.29) is 18.8 Å². The molecule has 1 aliphatic heterocycles. The van der Waals surface area contributed by atoms with Crippen molar-refractivity contribution in [2.24, 2.45) is 0 Å². The number of hydrogen-bond acceptors (Lipinski definition) is 7. The van der Waals surface area contributed by atoms with Gasteiger partial charge in [-0.15, -0.1) is 0 Å². The van der Waals surface area contributed by atoms with E-state index >= 15 is 8.78 Å². The van der Waals surface area contributed by atoms with Gasteiger partial charge >= 0.3 is 36.7 Å². The first-order valence-corrected chi connectivity index (χ1v) is 16.9. The number of amides is 1. The molecule has 2 aliphatic carbocycles. The van der Waals surface area contributed by atoms with Gasteiger partial charge in [0.25, 0.3) is 0 Å². The summed E-state index contributed by atoms with van der Waals surface area (Å²) in [5.74, 6) is -4.10. The number of ether oxygens (including phenoxy) is 2. The summed E-state index contributed by atoms with van der Waals surface area (Å²) < 4.78 is 135. The number of sulfonamides is 2. The molecular weight excluding hydrogens is 611 g/mol. The van der Waals surface area contributed by atoms with Crippen LogP contribution in [0.15, 0.2) is 30.3 Å². The Hall–Kier alpha value is -1.88. The van der Waals surface area contributed by atoms with Crippen molar-refractivity contribution < 1.29 is 53.1 Å². The Kier molecular flexibility index (Phi) is 9.92. The minimum absolute atomic E-state index is 0.0694. The van der Waals surface area contributed by atoms with E-state index in [1.54, 1.807) is 6.07 Å². The summed E-state index contributed by atoms with van der Waals surface area (Å²) in [6.07, 6.45) is 4.45. The second kappa shape index (κ2) is 12.6. The number of alkyl halides is 5. The summed E-state index contributed by atoms with van der Waals surface area (Å²) in [6.45, 7) is -1.76. The van der Waals surface area contributed by atoms with Crippen LogP contribution in [0.3, 0.4) is 0 Å². The molecule has 16 heteroatoms. The van der Waals surface area contributed by atoms with Gasteiger partial charge in [0.2, 0.25) is 0 Å². The quantitative estimate of drug-likeness (QED) is 0.335. The average Bonchev–Trinajstić information content (AvgIpc) is 3.44. The number of carbonyl (C=O) groups excluding carboxylic acids is 1. The molecule has 2 saturated carbocycles. The van der Waals surface area contributed by atoms with E-state index < -0.39 is 71.3 Å². The molecule has 0 aromatic heterocycles. The number of carbonyl (C=O) groups is 1. The van der Waals surface area contributed by atoms with Crippen LogP contribution in [0.25, 0.3) is 0 Å². The van der Waals surface area contributed by atoms with E-state index in [9.17, 15) is 34.8 Å². The van der Waals surface area contributed by atoms with Crippen LogP contribution in [0.4, 0.5) is 22.0 Å². The molecule has 1 aromatic carbocycles. The van der Waals surface area contributed by atoms with Crippen LogP contribution in [-0.4, -0.2) is 74.0 Å². The first-order valence-electron chi connectivity index (χ1n) is 14.0. The highest BCUT2D eigenvalue weighted by atomic mass is 32.3. The maximum Gasteiger partial charge on any atom is 0.512 e. The Morgan fingerprint density at radius 1 is 0.786 bits per heavy atom. The fraction of sp³-hybridized carbons (Fsp3) is 0.731. The minimum atomic E-state index is -6.91. The van der Waals surface area contributed by atoms with E-state index in [0.29, 0.717) is 51.4 Å². The standard InChI is InChI=1S/C26H35F5N2O7S2/c27-25(28,23(34)33(21-12-6-2-7-13-21)22-14-8-3-9-15-22)41(35,36)32(42(37,38)26(29,30)31)17-16-24(39-18-19-40-24)20-10-4-1-5-11-20/h1,4-5,10-11,21-22H,2-3,6-9,12-19H2. The summed E-state index contributed by atoms with van der Waals surface area (Å²) in [5.41, 5.74) is -6.05. The lowest BCUT2D eigenvalue weighted by atomic mass is 9.88. The van der Waals surface area contributed by atoms with Gasteiger partial charge in [0.1, 0.15) is 0 Å². The van der Waals surface area contributed by atoms with Crippen LogP contribution >= 0.6 is 0 Å². The molecule has 3 aliphatic rings. The Morgan fingerprint density at radius 3 is 1.71 bits per heavy atom. The fourth-order valence-electron chi connectivity index (χ4n) is 6.06. The molecule has 0 bridgehead atoms. The van der Waals surface area contributed by atoms with Gasteiger partial charge in [-0.3, -0.25) is 4.79 Å². The van der Waals surface area contributed by atoms with Gasteiger partial charge in [-0.2, -0.15) is 22.0 Å². The van der Waals surface area contributed by atoms with Gasteiger partial charge in [-0.25, -0.2) is 16.8 Å². The predicted molar refractivity (Wildman–Crippen MR) is 141 cm³/mol. The van der Waals surface area contributed by atoms with Crippen LogP contribution in [0.2, 0.25) is 0 Å². The molecule has 4 rings (SSSR count). The summed E-state index contributed by atoms with van der Waals surface area (Å²) in [5, 5.41) is -5.50. The number of rotatable bonds is 10. The van der Waals surface area contributed by atoms with Crippen molar-refractivity contribution >= 4 is 26.0 Å². The third kappa shape index (κ3) is 6.33.